The lowest BCUT2D eigenvalue weighted by Crippen LogP contribution is -2.50. The number of nitrogens with one attached hydrogen (secondary N) is 1. The molecule has 1 saturated heterocycles. The smallest absolute Gasteiger partial charge is 0.0611 e. The van der Waals surface area contributed by atoms with E-state index in [1.165, 1.54) is 19.4 Å². The first kappa shape index (κ1) is 16.9. The van der Waals surface area contributed by atoms with E-state index in [-0.39, 0.29) is 12.1 Å². The molecule has 4 heteroatoms. The van der Waals surface area contributed by atoms with Crippen LogP contribution in [0.15, 0.2) is 0 Å². The van der Waals surface area contributed by atoms with Gasteiger partial charge < -0.3 is 15.3 Å². The number of likely N-dealkylation sites (N-methyl/N-ethyl adjacent to an activating group) is 3. The van der Waals surface area contributed by atoms with Crippen LogP contribution in [0.3, 0.4) is 0 Å². The molecule has 3 atom stereocenters. The van der Waals surface area contributed by atoms with Crippen LogP contribution in [-0.2, 0) is 0 Å². The Hall–Kier alpha value is -0.160. The molecule has 0 bridgehead atoms. The number of aliphatic hydroxyl groups is 1. The van der Waals surface area contributed by atoms with E-state index in [0.29, 0.717) is 12.1 Å². The summed E-state index contributed by atoms with van der Waals surface area (Å²) in [5.41, 5.74) is -0.173. The Kier molecular flexibility index (Phi) is 6.74. The molecule has 1 aliphatic heterocycles. The monoisotopic (exact) mass is 271 g/mol. The zero-order chi connectivity index (χ0) is 14.5. The molecule has 0 saturated carbocycles. The molecule has 1 aliphatic rings. The van der Waals surface area contributed by atoms with Gasteiger partial charge in [0.05, 0.1) is 6.61 Å². The zero-order valence-corrected chi connectivity index (χ0v) is 13.4. The molecule has 3 unspecified atom stereocenters. The quantitative estimate of drug-likeness (QED) is 0.695. The maximum atomic E-state index is 9.49. The molecule has 114 valence electrons. The van der Waals surface area contributed by atoms with Crippen LogP contribution in [0.1, 0.15) is 40.0 Å². The second-order valence-corrected chi connectivity index (χ2v) is 6.39. The van der Waals surface area contributed by atoms with Gasteiger partial charge in [0.25, 0.3) is 0 Å². The average molecular weight is 271 g/mol. The highest BCUT2D eigenvalue weighted by Gasteiger charge is 2.29. The molecule has 19 heavy (non-hydrogen) atoms. The normalized spacial score (nSPS) is 25.7. The van der Waals surface area contributed by atoms with Crippen molar-refractivity contribution in [1.29, 1.82) is 0 Å². The molecule has 1 heterocycles. The summed E-state index contributed by atoms with van der Waals surface area (Å²) in [5.74, 6) is 0. The van der Waals surface area contributed by atoms with Gasteiger partial charge in [-0.15, -0.1) is 0 Å². The molecule has 0 aromatic carbocycles. The fourth-order valence-electron chi connectivity index (χ4n) is 3.08. The summed E-state index contributed by atoms with van der Waals surface area (Å²) in [4.78, 5) is 5.04. The lowest BCUT2D eigenvalue weighted by molar-refractivity contribution is 0.115. The number of rotatable bonds is 8. The Morgan fingerprint density at radius 1 is 1.53 bits per heavy atom. The molecule has 4 nitrogen and oxygen atoms in total. The van der Waals surface area contributed by atoms with E-state index in [0.717, 1.165) is 19.5 Å². The third-order valence-electron chi connectivity index (χ3n) is 4.85. The van der Waals surface area contributed by atoms with E-state index in [1.807, 2.05) is 7.05 Å². The van der Waals surface area contributed by atoms with Crippen molar-refractivity contribution in [1.82, 2.24) is 15.1 Å². The van der Waals surface area contributed by atoms with Gasteiger partial charge >= 0.3 is 0 Å². The van der Waals surface area contributed by atoms with Crippen LogP contribution >= 0.6 is 0 Å². The van der Waals surface area contributed by atoms with Crippen LogP contribution in [0.25, 0.3) is 0 Å². The standard InChI is InChI=1S/C15H33N3O/c1-6-18-9-7-8-14(18)11-17(5)13(2)10-15(3,12-19)16-4/h13-14,16,19H,6-12H2,1-5H3. The maximum absolute atomic E-state index is 9.49. The fraction of sp³-hybridized carbons (Fsp3) is 1.00. The number of aliphatic hydroxyl groups excluding tert-OH is 1. The maximum Gasteiger partial charge on any atom is 0.0611 e. The summed E-state index contributed by atoms with van der Waals surface area (Å²) in [6.45, 7) is 10.4. The predicted octanol–water partition coefficient (Wildman–Crippen LogP) is 1.15. The zero-order valence-electron chi connectivity index (χ0n) is 13.4. The van der Waals surface area contributed by atoms with Crippen LogP contribution in [-0.4, -0.2) is 72.9 Å². The second-order valence-electron chi connectivity index (χ2n) is 6.39. The number of hydrogen-bond acceptors (Lipinski definition) is 4. The van der Waals surface area contributed by atoms with Gasteiger partial charge in [0.15, 0.2) is 0 Å². The Bertz CT molecular complexity index is 256. The molecule has 0 aliphatic carbocycles. The van der Waals surface area contributed by atoms with Crippen LogP contribution in [0.5, 0.6) is 0 Å². The molecule has 0 aromatic heterocycles. The topological polar surface area (TPSA) is 38.7 Å². The van der Waals surface area contributed by atoms with Gasteiger partial charge in [-0.1, -0.05) is 6.92 Å². The van der Waals surface area contributed by atoms with E-state index in [9.17, 15) is 5.11 Å². The summed E-state index contributed by atoms with van der Waals surface area (Å²) in [7, 11) is 4.14. The van der Waals surface area contributed by atoms with Crippen LogP contribution in [0.2, 0.25) is 0 Å². The first-order valence-corrected chi connectivity index (χ1v) is 7.69. The van der Waals surface area contributed by atoms with Gasteiger partial charge in [0.2, 0.25) is 0 Å². The second kappa shape index (κ2) is 7.58. The van der Waals surface area contributed by atoms with Crippen molar-refractivity contribution in [2.24, 2.45) is 0 Å². The average Bonchev–Trinajstić information content (AvgIpc) is 2.85. The summed E-state index contributed by atoms with van der Waals surface area (Å²) in [6, 6.07) is 1.19. The highest BCUT2D eigenvalue weighted by Crippen LogP contribution is 2.20. The Labute approximate surface area is 119 Å². The van der Waals surface area contributed by atoms with Crippen molar-refractivity contribution < 1.29 is 5.11 Å². The first-order valence-electron chi connectivity index (χ1n) is 7.69. The van der Waals surface area contributed by atoms with Crippen LogP contribution < -0.4 is 5.32 Å². The van der Waals surface area contributed by atoms with Gasteiger partial charge in [-0.25, -0.2) is 0 Å². The highest BCUT2D eigenvalue weighted by atomic mass is 16.3. The van der Waals surface area contributed by atoms with Crippen LogP contribution in [0.4, 0.5) is 0 Å². The summed E-state index contributed by atoms with van der Waals surface area (Å²) >= 11 is 0. The van der Waals surface area contributed by atoms with E-state index in [1.54, 1.807) is 0 Å². The minimum Gasteiger partial charge on any atom is -0.394 e. The van der Waals surface area contributed by atoms with Gasteiger partial charge in [0, 0.05) is 24.2 Å². The number of likely N-dealkylation sites (tertiary alicyclic amines) is 1. The van der Waals surface area contributed by atoms with Crippen molar-refractivity contribution in [3.63, 3.8) is 0 Å². The molecular weight excluding hydrogens is 238 g/mol. The van der Waals surface area contributed by atoms with Gasteiger partial charge in [-0.2, -0.15) is 0 Å². The summed E-state index contributed by atoms with van der Waals surface area (Å²) in [5, 5.41) is 12.7. The van der Waals surface area contributed by atoms with E-state index < -0.39 is 0 Å². The fourth-order valence-corrected chi connectivity index (χ4v) is 3.08. The molecule has 0 spiro atoms. The predicted molar refractivity (Wildman–Crippen MR) is 81.5 cm³/mol. The number of hydrogen-bond donors (Lipinski definition) is 2. The Morgan fingerprint density at radius 2 is 2.21 bits per heavy atom. The first-order chi connectivity index (χ1) is 8.95. The van der Waals surface area contributed by atoms with Crippen molar-refractivity contribution in [2.75, 3.05) is 40.3 Å². The van der Waals surface area contributed by atoms with Crippen LogP contribution in [0, 0.1) is 0 Å². The minimum atomic E-state index is -0.173. The number of nitrogens with zero attached hydrogens (tertiary/aromatic N) is 2. The summed E-state index contributed by atoms with van der Waals surface area (Å²) in [6.07, 6.45) is 3.63. The van der Waals surface area contributed by atoms with E-state index >= 15 is 0 Å². The molecule has 0 amide bonds. The van der Waals surface area contributed by atoms with Gasteiger partial charge in [-0.3, -0.25) is 4.90 Å². The van der Waals surface area contributed by atoms with Crippen molar-refractivity contribution in [3.05, 3.63) is 0 Å². The summed E-state index contributed by atoms with van der Waals surface area (Å²) < 4.78 is 0. The minimum absolute atomic E-state index is 0.173. The molecule has 2 N–H and O–H groups in total. The SMILES string of the molecule is CCN1CCCC1CN(C)C(C)CC(C)(CO)NC. The third-order valence-corrected chi connectivity index (χ3v) is 4.85. The van der Waals surface area contributed by atoms with Gasteiger partial charge in [-0.05, 0) is 60.3 Å². The lowest BCUT2D eigenvalue weighted by atomic mass is 9.94. The molecular formula is C15H33N3O. The van der Waals surface area contributed by atoms with Crippen molar-refractivity contribution in [3.8, 4) is 0 Å². The van der Waals surface area contributed by atoms with Crippen molar-refractivity contribution >= 4 is 0 Å². The Balaban J connectivity index is 2.46. The van der Waals surface area contributed by atoms with E-state index in [2.05, 4.69) is 42.9 Å². The molecule has 0 aromatic rings. The highest BCUT2D eigenvalue weighted by molar-refractivity contribution is 4.87. The molecule has 0 radical (unpaired) electrons. The van der Waals surface area contributed by atoms with E-state index in [4.69, 9.17) is 0 Å². The van der Waals surface area contributed by atoms with Crippen molar-refractivity contribution in [2.45, 2.75) is 57.7 Å². The third kappa shape index (κ3) is 4.71. The largest absolute Gasteiger partial charge is 0.394 e. The molecule has 1 rings (SSSR count). The lowest BCUT2D eigenvalue weighted by Gasteiger charge is -2.36. The van der Waals surface area contributed by atoms with Gasteiger partial charge in [0.1, 0.15) is 0 Å². The molecule has 1 fully saturated rings. The Morgan fingerprint density at radius 3 is 2.74 bits per heavy atom.